The molecule has 0 aromatic heterocycles. The molecule has 3 aromatic rings. The van der Waals surface area contributed by atoms with Gasteiger partial charge in [-0.2, -0.15) is 5.26 Å². The monoisotopic (exact) mass is 425 g/mol. The van der Waals surface area contributed by atoms with Gasteiger partial charge < -0.3 is 15.4 Å². The number of carbonyl (C=O) groups excluding carboxylic acids is 2. The molecule has 2 amide bonds. The normalized spacial score (nSPS) is 10.7. The molecule has 6 heteroatoms. The molecule has 0 radical (unpaired) electrons. The second-order valence-electron chi connectivity index (χ2n) is 7.06. The zero-order chi connectivity index (χ0) is 22.8. The number of rotatable bonds is 8. The van der Waals surface area contributed by atoms with E-state index in [9.17, 15) is 14.9 Å². The number of hydrogen-bond acceptors (Lipinski definition) is 4. The highest BCUT2D eigenvalue weighted by Gasteiger charge is 2.10. The summed E-state index contributed by atoms with van der Waals surface area (Å²) in [6, 6.07) is 25.7. The fourth-order valence-electron chi connectivity index (χ4n) is 2.93. The lowest BCUT2D eigenvalue weighted by molar-refractivity contribution is -0.118. The number of hydrogen-bond donors (Lipinski definition) is 2. The Labute approximate surface area is 187 Å². The molecule has 32 heavy (non-hydrogen) atoms. The molecule has 0 atom stereocenters. The van der Waals surface area contributed by atoms with Crippen molar-refractivity contribution in [2.75, 3.05) is 11.9 Å². The number of carbonyl (C=O) groups is 2. The third-order valence-corrected chi connectivity index (χ3v) is 4.62. The van der Waals surface area contributed by atoms with Crippen LogP contribution in [0.25, 0.3) is 6.08 Å². The average Bonchev–Trinajstić information content (AvgIpc) is 2.82. The summed E-state index contributed by atoms with van der Waals surface area (Å²) < 4.78 is 5.58. The summed E-state index contributed by atoms with van der Waals surface area (Å²) in [5.41, 5.74) is 3.24. The summed E-state index contributed by atoms with van der Waals surface area (Å²) in [6.45, 7) is 2.08. The van der Waals surface area contributed by atoms with Crippen LogP contribution in [0.3, 0.4) is 0 Å². The molecule has 0 bridgehead atoms. The van der Waals surface area contributed by atoms with E-state index < -0.39 is 5.91 Å². The predicted octanol–water partition coefficient (Wildman–Crippen LogP) is 4.24. The molecule has 0 saturated carbocycles. The lowest BCUT2D eigenvalue weighted by Gasteiger charge is -2.10. The van der Waals surface area contributed by atoms with Crippen molar-refractivity contribution in [1.29, 1.82) is 5.26 Å². The van der Waals surface area contributed by atoms with Crippen LogP contribution in [0, 0.1) is 18.3 Å². The summed E-state index contributed by atoms with van der Waals surface area (Å²) in [5.74, 6) is -0.279. The van der Waals surface area contributed by atoms with Crippen LogP contribution in [-0.2, 0) is 16.1 Å². The summed E-state index contributed by atoms with van der Waals surface area (Å²) >= 11 is 0. The average molecular weight is 425 g/mol. The van der Waals surface area contributed by atoms with Crippen LogP contribution >= 0.6 is 0 Å². The van der Waals surface area contributed by atoms with Gasteiger partial charge in [0.15, 0.2) is 6.61 Å². The molecule has 3 aromatic carbocycles. The lowest BCUT2D eigenvalue weighted by Crippen LogP contribution is -2.23. The summed E-state index contributed by atoms with van der Waals surface area (Å²) in [4.78, 5) is 24.5. The fraction of sp³-hybridized carbons (Fsp3) is 0.115. The van der Waals surface area contributed by atoms with Crippen molar-refractivity contribution < 1.29 is 14.3 Å². The number of para-hydroxylation sites is 1. The van der Waals surface area contributed by atoms with E-state index in [1.54, 1.807) is 24.3 Å². The molecular weight excluding hydrogens is 402 g/mol. The van der Waals surface area contributed by atoms with Crippen molar-refractivity contribution in [2.45, 2.75) is 13.5 Å². The molecule has 0 spiro atoms. The van der Waals surface area contributed by atoms with Gasteiger partial charge in [0, 0.05) is 12.2 Å². The smallest absolute Gasteiger partial charge is 0.262 e. The van der Waals surface area contributed by atoms with E-state index in [0.717, 1.165) is 16.8 Å². The van der Waals surface area contributed by atoms with Crippen LogP contribution in [-0.4, -0.2) is 18.4 Å². The Balaban J connectivity index is 1.59. The highest BCUT2D eigenvalue weighted by atomic mass is 16.5. The van der Waals surface area contributed by atoms with Gasteiger partial charge in [-0.1, -0.05) is 60.7 Å². The molecule has 0 aliphatic rings. The first-order valence-electron chi connectivity index (χ1n) is 10.1. The molecule has 3 rings (SSSR count). The van der Waals surface area contributed by atoms with Crippen molar-refractivity contribution in [1.82, 2.24) is 5.32 Å². The van der Waals surface area contributed by atoms with Gasteiger partial charge in [-0.05, 0) is 47.9 Å². The van der Waals surface area contributed by atoms with Crippen molar-refractivity contribution in [3.05, 3.63) is 101 Å². The number of amides is 2. The minimum atomic E-state index is -0.458. The number of ether oxygens (including phenoxy) is 1. The van der Waals surface area contributed by atoms with E-state index in [1.165, 1.54) is 6.08 Å². The maximum absolute atomic E-state index is 12.4. The Morgan fingerprint density at radius 3 is 2.50 bits per heavy atom. The minimum Gasteiger partial charge on any atom is -0.484 e. The zero-order valence-corrected chi connectivity index (χ0v) is 17.7. The summed E-state index contributed by atoms with van der Waals surface area (Å²) in [5, 5.41) is 14.9. The molecule has 6 nitrogen and oxygen atoms in total. The van der Waals surface area contributed by atoms with E-state index in [0.29, 0.717) is 17.9 Å². The molecule has 0 saturated heterocycles. The largest absolute Gasteiger partial charge is 0.484 e. The first kappa shape index (κ1) is 22.3. The van der Waals surface area contributed by atoms with E-state index >= 15 is 0 Å². The van der Waals surface area contributed by atoms with Crippen molar-refractivity contribution in [3.63, 3.8) is 0 Å². The molecule has 0 unspecified atom stereocenters. The van der Waals surface area contributed by atoms with Crippen molar-refractivity contribution in [3.8, 4) is 11.8 Å². The Morgan fingerprint density at radius 2 is 1.75 bits per heavy atom. The Kier molecular flexibility index (Phi) is 7.77. The number of nitriles is 1. The topological polar surface area (TPSA) is 91.2 Å². The maximum Gasteiger partial charge on any atom is 0.262 e. The van der Waals surface area contributed by atoms with Gasteiger partial charge in [-0.15, -0.1) is 0 Å². The van der Waals surface area contributed by atoms with Crippen molar-refractivity contribution >= 4 is 23.6 Å². The second-order valence-corrected chi connectivity index (χ2v) is 7.06. The number of aryl methyl sites for hydroxylation is 1. The van der Waals surface area contributed by atoms with E-state index in [1.807, 2.05) is 67.6 Å². The number of anilines is 1. The van der Waals surface area contributed by atoms with Gasteiger partial charge in [0.05, 0.1) is 0 Å². The van der Waals surface area contributed by atoms with E-state index in [4.69, 9.17) is 4.74 Å². The summed E-state index contributed by atoms with van der Waals surface area (Å²) in [7, 11) is 0. The Morgan fingerprint density at radius 1 is 1.00 bits per heavy atom. The van der Waals surface area contributed by atoms with Crippen LogP contribution < -0.4 is 15.4 Å². The van der Waals surface area contributed by atoms with Crippen LogP contribution in [0.1, 0.15) is 16.7 Å². The highest BCUT2D eigenvalue weighted by molar-refractivity contribution is 6.01. The quantitative estimate of drug-likeness (QED) is 0.417. The number of nitrogens with one attached hydrogen (secondary N) is 2. The van der Waals surface area contributed by atoms with Gasteiger partial charge >= 0.3 is 0 Å². The van der Waals surface area contributed by atoms with Gasteiger partial charge in [0.1, 0.15) is 17.4 Å². The first-order valence-corrected chi connectivity index (χ1v) is 10.1. The Hall–Kier alpha value is -4.37. The molecule has 0 aliphatic heterocycles. The van der Waals surface area contributed by atoms with Crippen LogP contribution in [0.2, 0.25) is 0 Å². The van der Waals surface area contributed by atoms with Crippen LogP contribution in [0.5, 0.6) is 5.75 Å². The lowest BCUT2D eigenvalue weighted by atomic mass is 10.1. The number of nitrogens with zero attached hydrogens (tertiary/aromatic N) is 1. The molecule has 0 aliphatic carbocycles. The third-order valence-electron chi connectivity index (χ3n) is 4.62. The molecular formula is C26H23N3O3. The van der Waals surface area contributed by atoms with Gasteiger partial charge in [-0.25, -0.2) is 0 Å². The van der Waals surface area contributed by atoms with Crippen LogP contribution in [0.4, 0.5) is 5.69 Å². The molecule has 160 valence electrons. The van der Waals surface area contributed by atoms with Crippen molar-refractivity contribution in [2.24, 2.45) is 0 Å². The maximum atomic E-state index is 12.4. The summed E-state index contributed by atoms with van der Waals surface area (Å²) in [6.07, 6.45) is 1.49. The zero-order valence-electron chi connectivity index (χ0n) is 17.7. The predicted molar refractivity (Wildman–Crippen MR) is 124 cm³/mol. The number of benzene rings is 3. The SMILES string of the molecule is Cc1ccccc1NC(=O)COc1cccc(/C=C(\C#N)C(=O)NCc2ccccc2)c1. The Bertz CT molecular complexity index is 1160. The van der Waals surface area contributed by atoms with Crippen LogP contribution in [0.15, 0.2) is 84.4 Å². The van der Waals surface area contributed by atoms with E-state index in [2.05, 4.69) is 10.6 Å². The highest BCUT2D eigenvalue weighted by Crippen LogP contribution is 2.17. The third kappa shape index (κ3) is 6.57. The molecule has 2 N–H and O–H groups in total. The van der Waals surface area contributed by atoms with Gasteiger partial charge in [0.25, 0.3) is 11.8 Å². The minimum absolute atomic E-state index is 0.0182. The van der Waals surface area contributed by atoms with E-state index in [-0.39, 0.29) is 18.1 Å². The molecule has 0 heterocycles. The fourth-order valence-corrected chi connectivity index (χ4v) is 2.93. The first-order chi connectivity index (χ1) is 15.5. The van der Waals surface area contributed by atoms with Gasteiger partial charge in [0.2, 0.25) is 0 Å². The van der Waals surface area contributed by atoms with Gasteiger partial charge in [-0.3, -0.25) is 9.59 Å². The molecule has 0 fully saturated rings. The standard InChI is InChI=1S/C26H23N3O3/c1-19-8-5-6-13-24(19)29-25(30)18-32-23-12-7-11-21(15-23)14-22(16-27)26(31)28-17-20-9-3-2-4-10-20/h2-15H,17-18H2,1H3,(H,28,31)(H,29,30)/b22-14+. The second kappa shape index (κ2) is 11.1.